The standard InChI is InChI=1S/C19H24N2O3/c1-6-14-9-8-10-15(7-2)18(14)20-19(22)17-13(4)21(23)12(3)11-16(17)24-5/h8-11H,6-7H2,1-5H3,(H,20,22). The van der Waals surface area contributed by atoms with E-state index in [4.69, 9.17) is 4.74 Å². The minimum atomic E-state index is -0.329. The summed E-state index contributed by atoms with van der Waals surface area (Å²) in [4.78, 5) is 12.9. The Hall–Kier alpha value is -2.56. The molecule has 0 aliphatic carbocycles. The summed E-state index contributed by atoms with van der Waals surface area (Å²) < 4.78 is 6.07. The number of nitrogens with one attached hydrogen (secondary N) is 1. The van der Waals surface area contributed by atoms with Gasteiger partial charge in [0.05, 0.1) is 7.11 Å². The Bertz CT molecular complexity index is 747. The van der Waals surface area contributed by atoms with Gasteiger partial charge in [0.15, 0.2) is 5.69 Å². The molecular formula is C19H24N2O3. The molecule has 1 aromatic carbocycles. The highest BCUT2D eigenvalue weighted by molar-refractivity contribution is 6.07. The van der Waals surface area contributed by atoms with Crippen LogP contribution in [0.1, 0.15) is 46.7 Å². The molecule has 128 valence electrons. The van der Waals surface area contributed by atoms with Crippen LogP contribution < -0.4 is 14.8 Å². The van der Waals surface area contributed by atoms with Gasteiger partial charge in [-0.3, -0.25) is 4.79 Å². The molecule has 1 heterocycles. The number of hydrogen-bond acceptors (Lipinski definition) is 3. The molecular weight excluding hydrogens is 304 g/mol. The molecule has 0 bridgehead atoms. The maximum absolute atomic E-state index is 12.9. The number of amides is 1. The summed E-state index contributed by atoms with van der Waals surface area (Å²) in [6.07, 6.45) is 1.63. The Morgan fingerprint density at radius 3 is 2.29 bits per heavy atom. The van der Waals surface area contributed by atoms with Gasteiger partial charge in [0.2, 0.25) is 5.69 Å². The summed E-state index contributed by atoms with van der Waals surface area (Å²) >= 11 is 0. The molecule has 5 nitrogen and oxygen atoms in total. The fourth-order valence-corrected chi connectivity index (χ4v) is 2.88. The molecule has 1 amide bonds. The number of anilines is 1. The number of nitrogens with zero attached hydrogens (tertiary/aromatic N) is 1. The third-order valence-corrected chi connectivity index (χ3v) is 4.26. The number of para-hydroxylation sites is 1. The summed E-state index contributed by atoms with van der Waals surface area (Å²) in [6.45, 7) is 7.41. The number of ether oxygens (including phenoxy) is 1. The van der Waals surface area contributed by atoms with Crippen molar-refractivity contribution in [1.29, 1.82) is 0 Å². The van der Waals surface area contributed by atoms with E-state index in [1.165, 1.54) is 7.11 Å². The lowest BCUT2D eigenvalue weighted by molar-refractivity contribution is -0.619. The van der Waals surface area contributed by atoms with Gasteiger partial charge in [0, 0.05) is 25.6 Å². The number of carbonyl (C=O) groups excluding carboxylic acids is 1. The summed E-state index contributed by atoms with van der Waals surface area (Å²) in [5.41, 5.74) is 4.06. The number of aryl methyl sites for hydroxylation is 3. The fourth-order valence-electron chi connectivity index (χ4n) is 2.88. The van der Waals surface area contributed by atoms with E-state index >= 15 is 0 Å². The van der Waals surface area contributed by atoms with E-state index in [9.17, 15) is 10.0 Å². The number of aromatic nitrogens is 1. The van der Waals surface area contributed by atoms with Gasteiger partial charge in [-0.05, 0) is 24.0 Å². The third-order valence-electron chi connectivity index (χ3n) is 4.26. The fraction of sp³-hybridized carbons (Fsp3) is 0.368. The van der Waals surface area contributed by atoms with Gasteiger partial charge in [-0.2, -0.15) is 4.73 Å². The zero-order valence-corrected chi connectivity index (χ0v) is 14.9. The van der Waals surface area contributed by atoms with Crippen LogP contribution in [0.25, 0.3) is 0 Å². The second kappa shape index (κ2) is 7.34. The van der Waals surface area contributed by atoms with Crippen molar-refractivity contribution in [2.24, 2.45) is 0 Å². The van der Waals surface area contributed by atoms with Gasteiger partial charge >= 0.3 is 0 Å². The normalized spacial score (nSPS) is 10.5. The van der Waals surface area contributed by atoms with Crippen LogP contribution in [0.5, 0.6) is 5.75 Å². The first-order valence-electron chi connectivity index (χ1n) is 8.14. The number of benzene rings is 1. The molecule has 0 radical (unpaired) electrons. The average Bonchev–Trinajstić information content (AvgIpc) is 2.59. The number of methoxy groups -OCH3 is 1. The Balaban J connectivity index is 2.51. The predicted octanol–water partition coefficient (Wildman–Crippen LogP) is 3.32. The van der Waals surface area contributed by atoms with Gasteiger partial charge in [0.25, 0.3) is 5.91 Å². The zero-order chi connectivity index (χ0) is 17.9. The van der Waals surface area contributed by atoms with Crippen molar-refractivity contribution < 1.29 is 14.3 Å². The van der Waals surface area contributed by atoms with Crippen LogP contribution in [0, 0.1) is 19.1 Å². The summed E-state index contributed by atoms with van der Waals surface area (Å²) in [5.74, 6) is 0.0752. The van der Waals surface area contributed by atoms with Crippen molar-refractivity contribution in [3.63, 3.8) is 0 Å². The van der Waals surface area contributed by atoms with Gasteiger partial charge in [-0.15, -0.1) is 0 Å². The average molecular weight is 328 g/mol. The van der Waals surface area contributed by atoms with E-state index in [-0.39, 0.29) is 11.5 Å². The minimum absolute atomic E-state index is 0.269. The van der Waals surface area contributed by atoms with Crippen LogP contribution in [0.15, 0.2) is 24.3 Å². The second-order valence-corrected chi connectivity index (χ2v) is 5.72. The second-order valence-electron chi connectivity index (χ2n) is 5.72. The van der Waals surface area contributed by atoms with Crippen LogP contribution in [0.4, 0.5) is 5.69 Å². The maximum atomic E-state index is 12.9. The molecule has 0 spiro atoms. The first-order valence-corrected chi connectivity index (χ1v) is 8.14. The molecule has 0 fully saturated rings. The third kappa shape index (κ3) is 3.20. The Morgan fingerprint density at radius 1 is 1.21 bits per heavy atom. The van der Waals surface area contributed by atoms with Gasteiger partial charge in [-0.25, -0.2) is 0 Å². The first-order chi connectivity index (χ1) is 11.4. The lowest BCUT2D eigenvalue weighted by Gasteiger charge is -2.17. The van der Waals surface area contributed by atoms with Crippen LogP contribution in [-0.4, -0.2) is 13.0 Å². The van der Waals surface area contributed by atoms with Crippen molar-refractivity contribution in [2.75, 3.05) is 12.4 Å². The molecule has 24 heavy (non-hydrogen) atoms. The lowest BCUT2D eigenvalue weighted by atomic mass is 10.0. The Kier molecular flexibility index (Phi) is 5.44. The quantitative estimate of drug-likeness (QED) is 0.676. The van der Waals surface area contributed by atoms with Crippen LogP contribution in [0.3, 0.4) is 0 Å². The molecule has 0 unspecified atom stereocenters. The molecule has 0 aliphatic rings. The van der Waals surface area contributed by atoms with Gasteiger partial charge in [-0.1, -0.05) is 32.0 Å². The van der Waals surface area contributed by atoms with Gasteiger partial charge < -0.3 is 15.3 Å². The van der Waals surface area contributed by atoms with Crippen molar-refractivity contribution in [2.45, 2.75) is 40.5 Å². The molecule has 1 aromatic heterocycles. The summed E-state index contributed by atoms with van der Waals surface area (Å²) in [7, 11) is 1.50. The van der Waals surface area contributed by atoms with Crippen molar-refractivity contribution in [3.05, 3.63) is 57.6 Å². The maximum Gasteiger partial charge on any atom is 0.265 e. The molecule has 5 heteroatoms. The molecule has 0 aliphatic heterocycles. The smallest absolute Gasteiger partial charge is 0.265 e. The van der Waals surface area contributed by atoms with E-state index in [0.717, 1.165) is 34.4 Å². The molecule has 2 rings (SSSR count). The van der Waals surface area contributed by atoms with E-state index in [2.05, 4.69) is 5.32 Å². The first kappa shape index (κ1) is 17.8. The number of hydrogen-bond donors (Lipinski definition) is 1. The molecule has 0 saturated heterocycles. The topological polar surface area (TPSA) is 65.3 Å². The van der Waals surface area contributed by atoms with Crippen molar-refractivity contribution >= 4 is 11.6 Å². The Labute approximate surface area is 142 Å². The molecule has 0 atom stereocenters. The van der Waals surface area contributed by atoms with E-state index in [0.29, 0.717) is 17.1 Å². The zero-order valence-electron chi connectivity index (χ0n) is 14.9. The number of pyridine rings is 1. The van der Waals surface area contributed by atoms with Crippen LogP contribution in [0.2, 0.25) is 0 Å². The van der Waals surface area contributed by atoms with Crippen LogP contribution in [-0.2, 0) is 12.8 Å². The number of carbonyl (C=O) groups is 1. The summed E-state index contributed by atoms with van der Waals surface area (Å²) in [5, 5.41) is 15.1. The molecule has 1 N–H and O–H groups in total. The largest absolute Gasteiger partial charge is 0.618 e. The van der Waals surface area contributed by atoms with E-state index in [1.54, 1.807) is 19.9 Å². The van der Waals surface area contributed by atoms with Gasteiger partial charge in [0.1, 0.15) is 11.3 Å². The number of rotatable bonds is 5. The van der Waals surface area contributed by atoms with Crippen molar-refractivity contribution in [1.82, 2.24) is 0 Å². The van der Waals surface area contributed by atoms with Crippen molar-refractivity contribution in [3.8, 4) is 5.75 Å². The lowest BCUT2D eigenvalue weighted by Crippen LogP contribution is -2.36. The highest BCUT2D eigenvalue weighted by Crippen LogP contribution is 2.26. The highest BCUT2D eigenvalue weighted by atomic mass is 16.5. The summed E-state index contributed by atoms with van der Waals surface area (Å²) in [6, 6.07) is 7.58. The predicted molar refractivity (Wildman–Crippen MR) is 94.6 cm³/mol. The van der Waals surface area contributed by atoms with E-state index < -0.39 is 0 Å². The monoisotopic (exact) mass is 328 g/mol. The van der Waals surface area contributed by atoms with E-state index in [1.807, 2.05) is 32.0 Å². The minimum Gasteiger partial charge on any atom is -0.618 e. The SMILES string of the molecule is CCc1cccc(CC)c1NC(=O)c1c(OC)cc(C)[n+]([O-])c1C. The van der Waals surface area contributed by atoms with Crippen LogP contribution >= 0.6 is 0 Å². The molecule has 2 aromatic rings. The Morgan fingerprint density at radius 2 is 1.79 bits per heavy atom. The highest BCUT2D eigenvalue weighted by Gasteiger charge is 2.24. The molecule has 0 saturated carbocycles.